The lowest BCUT2D eigenvalue weighted by Gasteiger charge is -2.23. The lowest BCUT2D eigenvalue weighted by Crippen LogP contribution is -2.32. The van der Waals surface area contributed by atoms with E-state index in [0.29, 0.717) is 23.5 Å². The number of ether oxygens (including phenoxy) is 1. The van der Waals surface area contributed by atoms with E-state index < -0.39 is 10.0 Å². The van der Waals surface area contributed by atoms with Gasteiger partial charge in [-0.05, 0) is 48.7 Å². The van der Waals surface area contributed by atoms with Gasteiger partial charge in [0.2, 0.25) is 0 Å². The number of carbonyl (C=O) groups is 1. The molecule has 0 aliphatic heterocycles. The molecular weight excluding hydrogens is 412 g/mol. The Hall–Kier alpha value is -3.32. The van der Waals surface area contributed by atoms with E-state index >= 15 is 0 Å². The fourth-order valence-electron chi connectivity index (χ4n) is 3.43. The van der Waals surface area contributed by atoms with E-state index in [1.165, 1.54) is 19.2 Å². The second-order valence-electron chi connectivity index (χ2n) is 7.48. The zero-order chi connectivity index (χ0) is 21.8. The molecule has 3 aromatic carbocycles. The zero-order valence-corrected chi connectivity index (χ0v) is 18.0. The van der Waals surface area contributed by atoms with Crippen LogP contribution in [-0.4, -0.2) is 32.4 Å². The third-order valence-corrected chi connectivity index (χ3v) is 6.55. The van der Waals surface area contributed by atoms with Gasteiger partial charge in [0.1, 0.15) is 5.75 Å². The van der Waals surface area contributed by atoms with E-state index in [1.807, 2.05) is 35.2 Å². The van der Waals surface area contributed by atoms with Gasteiger partial charge >= 0.3 is 0 Å². The Morgan fingerprint density at radius 3 is 2.42 bits per heavy atom. The fraction of sp³-hybridized carbons (Fsp3) is 0.208. The van der Waals surface area contributed by atoms with Gasteiger partial charge in [-0.15, -0.1) is 0 Å². The molecule has 0 radical (unpaired) electrons. The highest BCUT2D eigenvalue weighted by atomic mass is 32.2. The predicted molar refractivity (Wildman–Crippen MR) is 120 cm³/mol. The molecule has 7 heteroatoms. The second-order valence-corrected chi connectivity index (χ2v) is 9.17. The van der Waals surface area contributed by atoms with Crippen LogP contribution in [0, 0.1) is 0 Å². The van der Waals surface area contributed by atoms with Crippen molar-refractivity contribution in [1.82, 2.24) is 4.90 Å². The molecule has 0 aromatic heterocycles. The van der Waals surface area contributed by atoms with Gasteiger partial charge in [-0.3, -0.25) is 9.52 Å². The number of methoxy groups -OCH3 is 1. The molecule has 4 rings (SSSR count). The van der Waals surface area contributed by atoms with Crippen LogP contribution in [0.5, 0.6) is 5.75 Å². The van der Waals surface area contributed by atoms with Crippen molar-refractivity contribution in [1.29, 1.82) is 0 Å². The number of anilines is 1. The van der Waals surface area contributed by atoms with Gasteiger partial charge in [-0.25, -0.2) is 8.42 Å². The Morgan fingerprint density at radius 1 is 1.00 bits per heavy atom. The third kappa shape index (κ3) is 4.88. The Bertz CT molecular complexity index is 1170. The van der Waals surface area contributed by atoms with E-state index in [2.05, 4.69) is 4.72 Å². The summed E-state index contributed by atoms with van der Waals surface area (Å²) in [5.41, 5.74) is 1.74. The van der Waals surface area contributed by atoms with Crippen LogP contribution in [-0.2, 0) is 16.6 Å². The van der Waals surface area contributed by atoms with Crippen molar-refractivity contribution in [2.24, 2.45) is 0 Å². The molecule has 31 heavy (non-hydrogen) atoms. The van der Waals surface area contributed by atoms with Crippen molar-refractivity contribution >= 4 is 21.6 Å². The molecule has 1 fully saturated rings. The van der Waals surface area contributed by atoms with Crippen LogP contribution in [0.3, 0.4) is 0 Å². The van der Waals surface area contributed by atoms with Crippen LogP contribution in [0.25, 0.3) is 0 Å². The van der Waals surface area contributed by atoms with Crippen molar-refractivity contribution < 1.29 is 17.9 Å². The first-order valence-corrected chi connectivity index (χ1v) is 11.6. The molecule has 1 N–H and O–H groups in total. The van der Waals surface area contributed by atoms with Gasteiger partial charge in [-0.1, -0.05) is 48.5 Å². The van der Waals surface area contributed by atoms with Crippen molar-refractivity contribution in [2.75, 3.05) is 11.8 Å². The summed E-state index contributed by atoms with van der Waals surface area (Å²) in [6, 6.07) is 22.9. The van der Waals surface area contributed by atoms with Crippen LogP contribution in [0.1, 0.15) is 28.8 Å². The molecule has 1 amide bonds. The molecule has 0 unspecified atom stereocenters. The number of nitrogens with one attached hydrogen (secondary N) is 1. The standard InChI is InChI=1S/C24H24N2O4S/c1-30-23-13-6-5-12-22(23)25-31(28,29)21-11-7-10-19(16-21)24(27)26(20-14-15-20)17-18-8-3-2-4-9-18/h2-13,16,20,25H,14-15,17H2,1H3. The van der Waals surface area contributed by atoms with Crippen LogP contribution in [0.2, 0.25) is 0 Å². The molecule has 1 saturated carbocycles. The number of carbonyl (C=O) groups excluding carboxylic acids is 1. The minimum atomic E-state index is -3.89. The zero-order valence-electron chi connectivity index (χ0n) is 17.2. The van der Waals surface area contributed by atoms with E-state index in [4.69, 9.17) is 4.74 Å². The van der Waals surface area contributed by atoms with Crippen LogP contribution >= 0.6 is 0 Å². The average Bonchev–Trinajstić information content (AvgIpc) is 3.63. The van der Waals surface area contributed by atoms with E-state index in [0.717, 1.165) is 18.4 Å². The quantitative estimate of drug-likeness (QED) is 0.571. The summed E-state index contributed by atoms with van der Waals surface area (Å²) in [5, 5.41) is 0. The van der Waals surface area contributed by atoms with E-state index in [1.54, 1.807) is 36.4 Å². The first-order chi connectivity index (χ1) is 15.0. The SMILES string of the molecule is COc1ccccc1NS(=O)(=O)c1cccc(C(=O)N(Cc2ccccc2)C2CC2)c1. The second kappa shape index (κ2) is 8.81. The summed E-state index contributed by atoms with van der Waals surface area (Å²) in [4.78, 5) is 15.1. The van der Waals surface area contributed by atoms with Gasteiger partial charge < -0.3 is 9.64 Å². The summed E-state index contributed by atoms with van der Waals surface area (Å²) in [5.74, 6) is 0.252. The highest BCUT2D eigenvalue weighted by Crippen LogP contribution is 2.31. The Balaban J connectivity index is 1.58. The molecule has 1 aliphatic rings. The largest absolute Gasteiger partial charge is 0.495 e. The Kier molecular flexibility index (Phi) is 5.95. The van der Waals surface area contributed by atoms with Gasteiger partial charge in [0.05, 0.1) is 17.7 Å². The minimum Gasteiger partial charge on any atom is -0.495 e. The summed E-state index contributed by atoms with van der Waals surface area (Å²) < 4.78 is 33.7. The molecule has 3 aromatic rings. The maximum atomic E-state index is 13.3. The van der Waals surface area contributed by atoms with E-state index in [-0.39, 0.29) is 16.8 Å². The third-order valence-electron chi connectivity index (χ3n) is 5.19. The topological polar surface area (TPSA) is 75.7 Å². The lowest BCUT2D eigenvalue weighted by atomic mass is 10.1. The van der Waals surface area contributed by atoms with Crippen molar-refractivity contribution in [3.8, 4) is 5.75 Å². The molecule has 0 spiro atoms. The highest BCUT2D eigenvalue weighted by Gasteiger charge is 2.33. The van der Waals surface area contributed by atoms with Gasteiger partial charge in [0.15, 0.2) is 0 Å². The predicted octanol–water partition coefficient (Wildman–Crippen LogP) is 4.30. The number of hydrogen-bond donors (Lipinski definition) is 1. The van der Waals surface area contributed by atoms with E-state index in [9.17, 15) is 13.2 Å². The Labute approximate surface area is 182 Å². The van der Waals surface area contributed by atoms with Gasteiger partial charge in [-0.2, -0.15) is 0 Å². The van der Waals surface area contributed by atoms with Gasteiger partial charge in [0, 0.05) is 18.2 Å². The van der Waals surface area contributed by atoms with Gasteiger partial charge in [0.25, 0.3) is 15.9 Å². The Morgan fingerprint density at radius 2 is 1.71 bits per heavy atom. The fourth-order valence-corrected chi connectivity index (χ4v) is 4.54. The highest BCUT2D eigenvalue weighted by molar-refractivity contribution is 7.92. The van der Waals surface area contributed by atoms with Crippen LogP contribution in [0.15, 0.2) is 83.8 Å². The number of amides is 1. The smallest absolute Gasteiger partial charge is 0.262 e. The molecule has 0 atom stereocenters. The van der Waals surface area contributed by atoms with Crippen molar-refractivity contribution in [2.45, 2.75) is 30.3 Å². The van der Waals surface area contributed by atoms with Crippen LogP contribution < -0.4 is 9.46 Å². The number of para-hydroxylation sites is 2. The molecule has 1 aliphatic carbocycles. The van der Waals surface area contributed by atoms with Crippen LogP contribution in [0.4, 0.5) is 5.69 Å². The monoisotopic (exact) mass is 436 g/mol. The molecule has 0 heterocycles. The molecular formula is C24H24N2O4S. The number of sulfonamides is 1. The molecule has 0 bridgehead atoms. The molecule has 6 nitrogen and oxygen atoms in total. The number of nitrogens with zero attached hydrogens (tertiary/aromatic N) is 1. The maximum Gasteiger partial charge on any atom is 0.262 e. The first kappa shape index (κ1) is 20.9. The first-order valence-electron chi connectivity index (χ1n) is 10.1. The number of benzene rings is 3. The number of hydrogen-bond acceptors (Lipinski definition) is 4. The average molecular weight is 437 g/mol. The summed E-state index contributed by atoms with van der Waals surface area (Å²) in [6.45, 7) is 0.501. The summed E-state index contributed by atoms with van der Waals surface area (Å²) in [6.07, 6.45) is 1.93. The number of rotatable bonds is 8. The summed E-state index contributed by atoms with van der Waals surface area (Å²) >= 11 is 0. The lowest BCUT2D eigenvalue weighted by molar-refractivity contribution is 0.0729. The van der Waals surface area contributed by atoms with Crippen molar-refractivity contribution in [3.05, 3.63) is 90.0 Å². The van der Waals surface area contributed by atoms with Crippen molar-refractivity contribution in [3.63, 3.8) is 0 Å². The minimum absolute atomic E-state index is 0.0275. The maximum absolute atomic E-state index is 13.3. The molecule has 0 saturated heterocycles. The molecule has 160 valence electrons. The normalized spacial score (nSPS) is 13.5. The summed E-state index contributed by atoms with van der Waals surface area (Å²) in [7, 11) is -2.41.